The molecule has 0 aliphatic carbocycles. The number of amides is 1. The van der Waals surface area contributed by atoms with E-state index >= 15 is 0 Å². The van der Waals surface area contributed by atoms with Crippen LogP contribution in [0.15, 0.2) is 71.2 Å². The quantitative estimate of drug-likeness (QED) is 0.547. The lowest BCUT2D eigenvalue weighted by Crippen LogP contribution is -2.48. The van der Waals surface area contributed by atoms with E-state index in [0.29, 0.717) is 31.6 Å². The van der Waals surface area contributed by atoms with Crippen LogP contribution in [0.1, 0.15) is 20.8 Å². The molecule has 1 aliphatic heterocycles. The van der Waals surface area contributed by atoms with Gasteiger partial charge in [0.25, 0.3) is 5.91 Å². The van der Waals surface area contributed by atoms with Crippen LogP contribution in [-0.4, -0.2) is 61.8 Å². The van der Waals surface area contributed by atoms with Crippen molar-refractivity contribution in [1.29, 1.82) is 0 Å². The normalized spacial score (nSPS) is 15.1. The van der Waals surface area contributed by atoms with Gasteiger partial charge >= 0.3 is 0 Å². The molecule has 1 N–H and O–H groups in total. The molecule has 1 aromatic carbocycles. The number of pyridine rings is 1. The molecule has 168 valence electrons. The molecule has 0 atom stereocenters. The number of piperazine rings is 1. The summed E-state index contributed by atoms with van der Waals surface area (Å²) < 4.78 is 27.7. The minimum atomic E-state index is -3.60. The van der Waals surface area contributed by atoms with E-state index in [2.05, 4.69) is 20.7 Å². The first-order valence-corrected chi connectivity index (χ1v) is 12.9. The molecule has 3 heterocycles. The highest BCUT2D eigenvalue weighted by Gasteiger charge is 2.23. The Morgan fingerprint density at radius 3 is 2.47 bits per heavy atom. The Labute approximate surface area is 192 Å². The standard InChI is InChI=1S/C23H26N4O3S2/c28-23(27-14-12-26(13-15-27)18-19-3-1-10-24-17-19)20-5-7-22(8-6-20)32(29,30)25-11-9-21-4-2-16-31-21/h1-8,10,16-17,25H,9,11-15,18H2. The number of rotatable bonds is 8. The molecular formula is C23H26N4O3S2. The molecule has 3 aromatic rings. The number of hydrogen-bond donors (Lipinski definition) is 1. The minimum absolute atomic E-state index is 0.0689. The number of sulfonamides is 1. The Bertz CT molecular complexity index is 1110. The summed E-state index contributed by atoms with van der Waals surface area (Å²) in [6.07, 6.45) is 4.28. The molecule has 0 spiro atoms. The van der Waals surface area contributed by atoms with E-state index in [1.54, 1.807) is 29.7 Å². The maximum Gasteiger partial charge on any atom is 0.253 e. The van der Waals surface area contributed by atoms with Gasteiger partial charge in [-0.1, -0.05) is 12.1 Å². The summed E-state index contributed by atoms with van der Waals surface area (Å²) in [6.45, 7) is 4.03. The molecule has 9 heteroatoms. The van der Waals surface area contributed by atoms with Crippen LogP contribution in [0.4, 0.5) is 0 Å². The van der Waals surface area contributed by atoms with Crippen molar-refractivity contribution < 1.29 is 13.2 Å². The highest BCUT2D eigenvalue weighted by Crippen LogP contribution is 2.15. The smallest absolute Gasteiger partial charge is 0.253 e. The Morgan fingerprint density at radius 1 is 1.03 bits per heavy atom. The van der Waals surface area contributed by atoms with E-state index in [9.17, 15) is 13.2 Å². The average Bonchev–Trinajstić information content (AvgIpc) is 3.33. The maximum absolute atomic E-state index is 12.9. The average molecular weight is 471 g/mol. The van der Waals surface area contributed by atoms with Crippen LogP contribution in [0.3, 0.4) is 0 Å². The van der Waals surface area contributed by atoms with Gasteiger partial charge in [0.05, 0.1) is 4.90 Å². The third-order valence-corrected chi connectivity index (χ3v) is 7.86. The molecule has 32 heavy (non-hydrogen) atoms. The summed E-state index contributed by atoms with van der Waals surface area (Å²) in [4.78, 5) is 22.4. The first-order valence-electron chi connectivity index (χ1n) is 10.5. The monoisotopic (exact) mass is 470 g/mol. The van der Waals surface area contributed by atoms with E-state index in [4.69, 9.17) is 0 Å². The van der Waals surface area contributed by atoms with E-state index < -0.39 is 10.0 Å². The molecule has 0 bridgehead atoms. The lowest BCUT2D eigenvalue weighted by atomic mass is 10.1. The molecule has 0 radical (unpaired) electrons. The summed E-state index contributed by atoms with van der Waals surface area (Å²) >= 11 is 1.61. The van der Waals surface area contributed by atoms with Gasteiger partial charge in [-0.15, -0.1) is 11.3 Å². The largest absolute Gasteiger partial charge is 0.336 e. The summed E-state index contributed by atoms with van der Waals surface area (Å²) in [5.41, 5.74) is 1.66. The molecule has 2 aromatic heterocycles. The van der Waals surface area contributed by atoms with Crippen LogP contribution in [0.5, 0.6) is 0 Å². The van der Waals surface area contributed by atoms with Crippen LogP contribution in [-0.2, 0) is 23.0 Å². The number of nitrogens with one attached hydrogen (secondary N) is 1. The third-order valence-electron chi connectivity index (χ3n) is 5.44. The molecule has 7 nitrogen and oxygen atoms in total. The first kappa shape index (κ1) is 22.6. The van der Waals surface area contributed by atoms with Crippen LogP contribution in [0.25, 0.3) is 0 Å². The summed E-state index contributed by atoms with van der Waals surface area (Å²) in [5.74, 6) is -0.0689. The van der Waals surface area contributed by atoms with Gasteiger partial charge < -0.3 is 4.90 Å². The van der Waals surface area contributed by atoms with Crippen LogP contribution >= 0.6 is 11.3 Å². The Morgan fingerprint density at radius 2 is 1.81 bits per heavy atom. The predicted octanol–water partition coefficient (Wildman–Crippen LogP) is 2.62. The fourth-order valence-corrected chi connectivity index (χ4v) is 5.41. The molecule has 0 saturated carbocycles. The van der Waals surface area contributed by atoms with Gasteiger partial charge in [-0.2, -0.15) is 0 Å². The maximum atomic E-state index is 12.9. The molecule has 0 unspecified atom stereocenters. The van der Waals surface area contributed by atoms with Gasteiger partial charge in [-0.05, 0) is 53.8 Å². The Hall–Kier alpha value is -2.59. The van der Waals surface area contributed by atoms with Gasteiger partial charge in [-0.25, -0.2) is 13.1 Å². The van der Waals surface area contributed by atoms with Crippen molar-refractivity contribution in [2.45, 2.75) is 17.9 Å². The zero-order valence-corrected chi connectivity index (χ0v) is 19.3. The molecular weight excluding hydrogens is 444 g/mol. The van der Waals surface area contributed by atoms with Crippen molar-refractivity contribution in [1.82, 2.24) is 19.5 Å². The Balaban J connectivity index is 1.29. The van der Waals surface area contributed by atoms with Crippen molar-refractivity contribution in [3.8, 4) is 0 Å². The van der Waals surface area contributed by atoms with Crippen molar-refractivity contribution in [2.75, 3.05) is 32.7 Å². The molecule has 4 rings (SSSR count). The number of thiophene rings is 1. The second-order valence-corrected chi connectivity index (χ2v) is 10.5. The summed E-state index contributed by atoms with van der Waals surface area (Å²) in [5, 5.41) is 1.97. The lowest BCUT2D eigenvalue weighted by molar-refractivity contribution is 0.0628. The second kappa shape index (κ2) is 10.4. The molecule has 1 aliphatic rings. The second-order valence-electron chi connectivity index (χ2n) is 7.68. The minimum Gasteiger partial charge on any atom is -0.336 e. The first-order chi connectivity index (χ1) is 15.5. The lowest BCUT2D eigenvalue weighted by Gasteiger charge is -2.34. The SMILES string of the molecule is O=C(c1ccc(S(=O)(=O)NCCc2cccs2)cc1)N1CCN(Cc2cccnc2)CC1. The fraction of sp³-hybridized carbons (Fsp3) is 0.304. The zero-order valence-electron chi connectivity index (χ0n) is 17.7. The number of carbonyl (C=O) groups excluding carboxylic acids is 1. The Kier molecular flexibility index (Phi) is 7.31. The molecule has 1 amide bonds. The van der Waals surface area contributed by atoms with Crippen molar-refractivity contribution in [3.63, 3.8) is 0 Å². The number of nitrogens with zero attached hydrogens (tertiary/aromatic N) is 3. The fourth-order valence-electron chi connectivity index (χ4n) is 3.66. The number of hydrogen-bond acceptors (Lipinski definition) is 6. The highest BCUT2D eigenvalue weighted by molar-refractivity contribution is 7.89. The van der Waals surface area contributed by atoms with Gasteiger partial charge in [0.1, 0.15) is 0 Å². The van der Waals surface area contributed by atoms with Crippen molar-refractivity contribution >= 4 is 27.3 Å². The van der Waals surface area contributed by atoms with Crippen molar-refractivity contribution in [3.05, 3.63) is 82.3 Å². The van der Waals surface area contributed by atoms with Crippen LogP contribution in [0, 0.1) is 0 Å². The van der Waals surface area contributed by atoms with E-state index in [0.717, 1.165) is 30.1 Å². The van der Waals surface area contributed by atoms with Crippen LogP contribution in [0.2, 0.25) is 0 Å². The van der Waals surface area contributed by atoms with Gasteiger partial charge in [-0.3, -0.25) is 14.7 Å². The van der Waals surface area contributed by atoms with Crippen LogP contribution < -0.4 is 4.72 Å². The number of carbonyl (C=O) groups is 1. The molecule has 1 fully saturated rings. The van der Waals surface area contributed by atoms with Gasteiger partial charge in [0.2, 0.25) is 10.0 Å². The zero-order chi connectivity index (χ0) is 22.4. The van der Waals surface area contributed by atoms with Crippen molar-refractivity contribution in [2.24, 2.45) is 0 Å². The van der Waals surface area contributed by atoms with E-state index in [-0.39, 0.29) is 10.8 Å². The summed E-state index contributed by atoms with van der Waals surface area (Å²) in [6, 6.07) is 14.1. The van der Waals surface area contributed by atoms with Gasteiger partial charge in [0, 0.05) is 62.1 Å². The molecule has 1 saturated heterocycles. The summed E-state index contributed by atoms with van der Waals surface area (Å²) in [7, 11) is -3.60. The number of aromatic nitrogens is 1. The number of benzene rings is 1. The third kappa shape index (κ3) is 5.80. The predicted molar refractivity (Wildman–Crippen MR) is 125 cm³/mol. The topological polar surface area (TPSA) is 82.6 Å². The highest BCUT2D eigenvalue weighted by atomic mass is 32.2. The van der Waals surface area contributed by atoms with Gasteiger partial charge in [0.15, 0.2) is 0 Å². The van der Waals surface area contributed by atoms with E-state index in [1.165, 1.54) is 12.1 Å². The van der Waals surface area contributed by atoms with E-state index in [1.807, 2.05) is 34.7 Å².